The Morgan fingerprint density at radius 2 is 1.83 bits per heavy atom. The number of ether oxygens (including phenoxy) is 1. The SMILES string of the molecule is CCCCCC(C)CC(/C=C/C(C)C(CC=O)C(=O)OC)CC. The van der Waals surface area contributed by atoms with Gasteiger partial charge in [-0.3, -0.25) is 4.79 Å². The van der Waals surface area contributed by atoms with Crippen LogP contribution in [0.1, 0.15) is 72.6 Å². The number of hydrogen-bond donors (Lipinski definition) is 0. The van der Waals surface area contributed by atoms with Gasteiger partial charge in [-0.15, -0.1) is 0 Å². The Hall–Kier alpha value is -1.12. The molecule has 0 saturated heterocycles. The van der Waals surface area contributed by atoms with Crippen LogP contribution in [0.15, 0.2) is 12.2 Å². The average molecular weight is 325 g/mol. The van der Waals surface area contributed by atoms with Gasteiger partial charge >= 0.3 is 5.97 Å². The number of esters is 1. The van der Waals surface area contributed by atoms with Crippen molar-refractivity contribution in [2.75, 3.05) is 7.11 Å². The van der Waals surface area contributed by atoms with E-state index in [2.05, 4.69) is 32.9 Å². The molecular weight excluding hydrogens is 288 g/mol. The van der Waals surface area contributed by atoms with Crippen LogP contribution in [0, 0.1) is 23.7 Å². The van der Waals surface area contributed by atoms with Crippen LogP contribution in [0.25, 0.3) is 0 Å². The fourth-order valence-electron chi connectivity index (χ4n) is 3.01. The zero-order chi connectivity index (χ0) is 17.7. The maximum atomic E-state index is 11.8. The molecule has 0 spiro atoms. The summed E-state index contributed by atoms with van der Waals surface area (Å²) >= 11 is 0. The van der Waals surface area contributed by atoms with E-state index in [4.69, 9.17) is 4.74 Å². The Morgan fingerprint density at radius 1 is 1.13 bits per heavy atom. The number of carbonyl (C=O) groups is 2. The summed E-state index contributed by atoms with van der Waals surface area (Å²) in [6, 6.07) is 0. The third kappa shape index (κ3) is 9.58. The molecule has 0 saturated carbocycles. The van der Waals surface area contributed by atoms with Gasteiger partial charge in [0.05, 0.1) is 13.0 Å². The minimum Gasteiger partial charge on any atom is -0.469 e. The summed E-state index contributed by atoms with van der Waals surface area (Å²) in [6.07, 6.45) is 12.9. The lowest BCUT2D eigenvalue weighted by molar-refractivity contribution is -0.147. The Morgan fingerprint density at radius 3 is 2.35 bits per heavy atom. The molecule has 4 unspecified atom stereocenters. The first-order valence-electron chi connectivity index (χ1n) is 9.19. The number of hydrogen-bond acceptors (Lipinski definition) is 3. The molecule has 0 fully saturated rings. The monoisotopic (exact) mass is 324 g/mol. The van der Waals surface area contributed by atoms with E-state index in [1.54, 1.807) is 0 Å². The van der Waals surface area contributed by atoms with Gasteiger partial charge in [-0.25, -0.2) is 0 Å². The van der Waals surface area contributed by atoms with Gasteiger partial charge in [0.2, 0.25) is 0 Å². The molecule has 0 aromatic rings. The fourth-order valence-corrected chi connectivity index (χ4v) is 3.01. The summed E-state index contributed by atoms with van der Waals surface area (Å²) < 4.78 is 4.81. The molecule has 0 aromatic carbocycles. The Balaban J connectivity index is 4.54. The number of aldehydes is 1. The molecule has 0 heterocycles. The number of rotatable bonds is 13. The molecule has 0 aliphatic rings. The molecule has 3 nitrogen and oxygen atoms in total. The second kappa shape index (κ2) is 13.3. The first-order chi connectivity index (χ1) is 11.0. The van der Waals surface area contributed by atoms with Crippen LogP contribution in [0.2, 0.25) is 0 Å². The standard InChI is InChI=1S/C20H36O3/c1-6-8-9-10-16(3)15-18(7-2)12-11-17(4)19(13-14-21)20(22)23-5/h11-12,14,16-19H,6-10,13,15H2,1-5H3/b12-11+. The maximum Gasteiger partial charge on any atom is 0.309 e. The van der Waals surface area contributed by atoms with Gasteiger partial charge in [-0.2, -0.15) is 0 Å². The minimum atomic E-state index is -0.367. The molecular formula is C20H36O3. The molecule has 0 aromatic heterocycles. The molecule has 4 atom stereocenters. The van der Waals surface area contributed by atoms with Gasteiger partial charge in [0.25, 0.3) is 0 Å². The fraction of sp³-hybridized carbons (Fsp3) is 0.800. The zero-order valence-corrected chi connectivity index (χ0v) is 15.7. The maximum absolute atomic E-state index is 11.8. The molecule has 3 heteroatoms. The van der Waals surface area contributed by atoms with E-state index in [-0.39, 0.29) is 24.2 Å². The van der Waals surface area contributed by atoms with Gasteiger partial charge in [-0.1, -0.05) is 65.5 Å². The number of carbonyl (C=O) groups excluding carboxylic acids is 2. The van der Waals surface area contributed by atoms with Crippen molar-refractivity contribution in [3.05, 3.63) is 12.2 Å². The topological polar surface area (TPSA) is 43.4 Å². The van der Waals surface area contributed by atoms with E-state index in [1.807, 2.05) is 6.92 Å². The lowest BCUT2D eigenvalue weighted by atomic mass is 9.86. The van der Waals surface area contributed by atoms with Gasteiger partial charge in [0.15, 0.2) is 0 Å². The third-order valence-corrected chi connectivity index (χ3v) is 4.71. The highest BCUT2D eigenvalue weighted by atomic mass is 16.5. The lowest BCUT2D eigenvalue weighted by Crippen LogP contribution is -2.22. The molecule has 134 valence electrons. The van der Waals surface area contributed by atoms with Gasteiger partial charge in [0.1, 0.15) is 6.29 Å². The van der Waals surface area contributed by atoms with E-state index in [9.17, 15) is 9.59 Å². The third-order valence-electron chi connectivity index (χ3n) is 4.71. The molecule has 0 rings (SSSR count). The van der Waals surface area contributed by atoms with E-state index < -0.39 is 0 Å². The Bertz CT molecular complexity index is 349. The van der Waals surface area contributed by atoms with E-state index >= 15 is 0 Å². The predicted octanol–water partition coefficient (Wildman–Crippen LogP) is 5.19. The summed E-state index contributed by atoms with van der Waals surface area (Å²) in [6.45, 7) is 8.76. The van der Waals surface area contributed by atoms with Gasteiger partial charge in [0, 0.05) is 6.42 Å². The quantitative estimate of drug-likeness (QED) is 0.203. The van der Waals surface area contributed by atoms with Crippen LogP contribution in [-0.2, 0) is 14.3 Å². The van der Waals surface area contributed by atoms with Crippen LogP contribution >= 0.6 is 0 Å². The molecule has 0 radical (unpaired) electrons. The van der Waals surface area contributed by atoms with Crippen molar-refractivity contribution < 1.29 is 14.3 Å². The highest BCUT2D eigenvalue weighted by Gasteiger charge is 2.24. The molecule has 0 aliphatic carbocycles. The normalized spacial score (nSPS) is 16.7. The smallest absolute Gasteiger partial charge is 0.309 e. The van der Waals surface area contributed by atoms with Crippen molar-refractivity contribution in [1.82, 2.24) is 0 Å². The van der Waals surface area contributed by atoms with Crippen molar-refractivity contribution in [1.29, 1.82) is 0 Å². The van der Waals surface area contributed by atoms with Crippen LogP contribution in [0.3, 0.4) is 0 Å². The second-order valence-electron chi connectivity index (χ2n) is 6.78. The van der Waals surface area contributed by atoms with Crippen molar-refractivity contribution in [3.63, 3.8) is 0 Å². The average Bonchev–Trinajstić information content (AvgIpc) is 2.55. The van der Waals surface area contributed by atoms with Gasteiger partial charge in [-0.05, 0) is 30.6 Å². The minimum absolute atomic E-state index is 0.0251. The summed E-state index contributed by atoms with van der Waals surface area (Å²) in [5.41, 5.74) is 0. The second-order valence-corrected chi connectivity index (χ2v) is 6.78. The highest BCUT2D eigenvalue weighted by molar-refractivity contribution is 5.76. The summed E-state index contributed by atoms with van der Waals surface area (Å²) in [5, 5.41) is 0. The van der Waals surface area contributed by atoms with Crippen molar-refractivity contribution in [2.24, 2.45) is 23.7 Å². The van der Waals surface area contributed by atoms with Crippen molar-refractivity contribution in [2.45, 2.75) is 72.6 Å². The summed E-state index contributed by atoms with van der Waals surface area (Å²) in [4.78, 5) is 22.5. The molecule has 0 aliphatic heterocycles. The first kappa shape index (κ1) is 21.9. The van der Waals surface area contributed by atoms with E-state index in [0.717, 1.165) is 18.6 Å². The largest absolute Gasteiger partial charge is 0.469 e. The predicted molar refractivity (Wildman–Crippen MR) is 96.2 cm³/mol. The summed E-state index contributed by atoms with van der Waals surface area (Å²) in [7, 11) is 1.38. The molecule has 0 amide bonds. The van der Waals surface area contributed by atoms with E-state index in [0.29, 0.717) is 5.92 Å². The Kier molecular flexibility index (Phi) is 12.7. The first-order valence-corrected chi connectivity index (χ1v) is 9.19. The lowest BCUT2D eigenvalue weighted by Gasteiger charge is -2.19. The Labute approximate surface area is 142 Å². The van der Waals surface area contributed by atoms with Crippen molar-refractivity contribution in [3.8, 4) is 0 Å². The summed E-state index contributed by atoms with van der Waals surface area (Å²) in [5.74, 6) is 0.641. The molecule has 0 N–H and O–H groups in total. The van der Waals surface area contributed by atoms with Crippen LogP contribution in [-0.4, -0.2) is 19.4 Å². The molecule has 23 heavy (non-hydrogen) atoms. The zero-order valence-electron chi connectivity index (χ0n) is 15.7. The number of unbranched alkanes of at least 4 members (excludes halogenated alkanes) is 2. The number of methoxy groups -OCH3 is 1. The highest BCUT2D eigenvalue weighted by Crippen LogP contribution is 2.24. The van der Waals surface area contributed by atoms with Crippen LogP contribution in [0.5, 0.6) is 0 Å². The van der Waals surface area contributed by atoms with Gasteiger partial charge < -0.3 is 9.53 Å². The van der Waals surface area contributed by atoms with Crippen LogP contribution in [0.4, 0.5) is 0 Å². The van der Waals surface area contributed by atoms with Crippen molar-refractivity contribution >= 4 is 12.3 Å². The van der Waals surface area contributed by atoms with E-state index in [1.165, 1.54) is 39.2 Å². The van der Waals surface area contributed by atoms with Crippen LogP contribution < -0.4 is 0 Å². The molecule has 0 bridgehead atoms. The number of allylic oxidation sites excluding steroid dienone is 2.